The third-order valence-electron chi connectivity index (χ3n) is 3.81. The van der Waals surface area contributed by atoms with Crippen molar-refractivity contribution >= 4 is 29.6 Å². The topological polar surface area (TPSA) is 66.5 Å². The van der Waals surface area contributed by atoms with E-state index in [4.69, 9.17) is 0 Å². The molecule has 2 aliphatic rings. The summed E-state index contributed by atoms with van der Waals surface area (Å²) in [5, 5.41) is 2.57. The summed E-state index contributed by atoms with van der Waals surface area (Å²) < 4.78 is 0. The van der Waals surface area contributed by atoms with Gasteiger partial charge in [0.25, 0.3) is 0 Å². The van der Waals surface area contributed by atoms with Crippen LogP contribution in [0.3, 0.4) is 0 Å². The molecule has 1 aliphatic heterocycles. The highest BCUT2D eigenvalue weighted by atomic mass is 32.2. The Bertz CT molecular complexity index is 408. The molecule has 0 aromatic heterocycles. The Hall–Kier alpha value is -1.04. The maximum Gasteiger partial charge on any atom is 0.331 e. The Morgan fingerprint density at radius 2 is 1.94 bits per heavy atom. The van der Waals surface area contributed by atoms with E-state index in [-0.39, 0.29) is 17.2 Å². The zero-order chi connectivity index (χ0) is 13.5. The second-order valence-electron chi connectivity index (χ2n) is 5.33. The number of rotatable bonds is 2. The van der Waals surface area contributed by atoms with Gasteiger partial charge in [-0.15, -0.1) is 0 Å². The van der Waals surface area contributed by atoms with Gasteiger partial charge in [-0.3, -0.25) is 19.8 Å². The fourth-order valence-electron chi connectivity index (χ4n) is 2.58. The molecule has 1 saturated heterocycles. The van der Waals surface area contributed by atoms with Crippen molar-refractivity contribution in [2.24, 2.45) is 5.41 Å². The number of barbiturate groups is 1. The number of thioether (sulfide) groups is 1. The largest absolute Gasteiger partial charge is 0.331 e. The lowest BCUT2D eigenvalue weighted by Crippen LogP contribution is -2.65. The molecule has 18 heavy (non-hydrogen) atoms. The molecule has 5 nitrogen and oxygen atoms in total. The maximum atomic E-state index is 12.4. The summed E-state index contributed by atoms with van der Waals surface area (Å²) >= 11 is 1.68. The number of urea groups is 1. The number of carbonyl (C=O) groups is 3. The quantitative estimate of drug-likeness (QED) is 0.770. The molecular weight excluding hydrogens is 252 g/mol. The second-order valence-corrected chi connectivity index (χ2v) is 6.41. The molecule has 0 aromatic carbocycles. The smallest absolute Gasteiger partial charge is 0.277 e. The van der Waals surface area contributed by atoms with Crippen LogP contribution in [0.25, 0.3) is 0 Å². The van der Waals surface area contributed by atoms with Crippen LogP contribution in [0.15, 0.2) is 0 Å². The van der Waals surface area contributed by atoms with E-state index >= 15 is 0 Å². The van der Waals surface area contributed by atoms with Crippen LogP contribution in [0, 0.1) is 5.41 Å². The van der Waals surface area contributed by atoms with Gasteiger partial charge in [-0.2, -0.15) is 11.8 Å². The average Bonchev–Trinajstić information content (AvgIpc) is 2.75. The van der Waals surface area contributed by atoms with Gasteiger partial charge >= 0.3 is 6.03 Å². The van der Waals surface area contributed by atoms with E-state index in [9.17, 15) is 14.4 Å². The number of nitrogens with one attached hydrogen (secondary N) is 1. The predicted octanol–water partition coefficient (Wildman–Crippen LogP) is 1.38. The fraction of sp³-hybridized carbons (Fsp3) is 0.750. The van der Waals surface area contributed by atoms with E-state index in [0.29, 0.717) is 0 Å². The van der Waals surface area contributed by atoms with Crippen LogP contribution in [0.4, 0.5) is 4.79 Å². The van der Waals surface area contributed by atoms with Gasteiger partial charge in [-0.05, 0) is 32.9 Å². The molecule has 1 heterocycles. The van der Waals surface area contributed by atoms with Crippen LogP contribution >= 0.6 is 11.8 Å². The summed E-state index contributed by atoms with van der Waals surface area (Å²) in [6, 6.07) is -0.643. The van der Waals surface area contributed by atoms with Gasteiger partial charge in [-0.1, -0.05) is 6.42 Å². The molecule has 1 aliphatic carbocycles. The fourth-order valence-corrected chi connectivity index (χ4v) is 3.56. The molecule has 2 fully saturated rings. The minimum absolute atomic E-state index is 0.0834. The van der Waals surface area contributed by atoms with Gasteiger partial charge in [0.15, 0.2) is 0 Å². The monoisotopic (exact) mass is 270 g/mol. The first-order valence-corrected chi connectivity index (χ1v) is 7.40. The predicted molar refractivity (Wildman–Crippen MR) is 69.1 cm³/mol. The summed E-state index contributed by atoms with van der Waals surface area (Å²) in [6.45, 7) is 3.13. The number of nitrogens with zero attached hydrogens (tertiary/aromatic N) is 1. The molecule has 1 saturated carbocycles. The third-order valence-corrected chi connectivity index (χ3v) is 4.97. The number of hydrogen-bond donors (Lipinski definition) is 1. The molecule has 2 unspecified atom stereocenters. The zero-order valence-corrected chi connectivity index (χ0v) is 11.7. The van der Waals surface area contributed by atoms with Crippen LogP contribution < -0.4 is 5.32 Å². The third kappa shape index (κ3) is 1.92. The molecule has 0 radical (unpaired) electrons. The van der Waals surface area contributed by atoms with Crippen molar-refractivity contribution in [1.29, 1.82) is 0 Å². The van der Waals surface area contributed by atoms with Crippen LogP contribution in [0.2, 0.25) is 0 Å². The maximum absolute atomic E-state index is 12.4. The second kappa shape index (κ2) is 4.57. The number of amides is 4. The Morgan fingerprint density at radius 1 is 1.28 bits per heavy atom. The lowest BCUT2D eigenvalue weighted by molar-refractivity contribution is -0.150. The molecule has 4 amide bonds. The van der Waals surface area contributed by atoms with E-state index < -0.39 is 17.4 Å². The van der Waals surface area contributed by atoms with Crippen molar-refractivity contribution in [2.75, 3.05) is 6.26 Å². The van der Waals surface area contributed by atoms with Gasteiger partial charge in [0.2, 0.25) is 11.8 Å². The molecule has 0 aromatic rings. The first kappa shape index (κ1) is 13.4. The molecule has 0 bridgehead atoms. The van der Waals surface area contributed by atoms with Crippen LogP contribution in [0.5, 0.6) is 0 Å². The number of hydrogen-bond acceptors (Lipinski definition) is 4. The lowest BCUT2D eigenvalue weighted by atomic mass is 9.88. The molecular formula is C12H18N2O3S. The first-order valence-electron chi connectivity index (χ1n) is 6.11. The Balaban J connectivity index is 2.29. The van der Waals surface area contributed by atoms with Crippen molar-refractivity contribution in [2.45, 2.75) is 44.4 Å². The van der Waals surface area contributed by atoms with Crippen molar-refractivity contribution in [3.05, 3.63) is 0 Å². The van der Waals surface area contributed by atoms with Gasteiger partial charge in [-0.25, -0.2) is 4.79 Å². The van der Waals surface area contributed by atoms with E-state index in [1.54, 1.807) is 25.6 Å². The lowest BCUT2D eigenvalue weighted by Gasteiger charge is -2.39. The molecule has 2 atom stereocenters. The Morgan fingerprint density at radius 3 is 2.56 bits per heavy atom. The molecule has 1 N–H and O–H groups in total. The molecule has 6 heteroatoms. The van der Waals surface area contributed by atoms with Gasteiger partial charge in [0, 0.05) is 5.25 Å². The molecule has 2 rings (SSSR count). The van der Waals surface area contributed by atoms with Gasteiger partial charge < -0.3 is 0 Å². The van der Waals surface area contributed by atoms with E-state index in [1.807, 2.05) is 6.26 Å². The normalized spacial score (nSPS) is 31.7. The Kier molecular flexibility index (Phi) is 3.40. The average molecular weight is 270 g/mol. The summed E-state index contributed by atoms with van der Waals surface area (Å²) in [6.07, 6.45) is 4.85. The minimum Gasteiger partial charge on any atom is -0.277 e. The summed E-state index contributed by atoms with van der Waals surface area (Å²) in [5.74, 6) is -0.880. The van der Waals surface area contributed by atoms with Gasteiger partial charge in [0.05, 0.1) is 6.04 Å². The van der Waals surface area contributed by atoms with Crippen molar-refractivity contribution in [3.63, 3.8) is 0 Å². The van der Waals surface area contributed by atoms with Crippen molar-refractivity contribution < 1.29 is 14.4 Å². The first-order chi connectivity index (χ1) is 8.39. The highest BCUT2D eigenvalue weighted by molar-refractivity contribution is 7.99. The summed E-state index contributed by atoms with van der Waals surface area (Å²) in [4.78, 5) is 37.2. The van der Waals surface area contributed by atoms with E-state index in [1.165, 1.54) is 4.90 Å². The zero-order valence-electron chi connectivity index (χ0n) is 10.9. The van der Waals surface area contributed by atoms with Crippen molar-refractivity contribution in [3.8, 4) is 0 Å². The van der Waals surface area contributed by atoms with E-state index in [0.717, 1.165) is 19.3 Å². The SMILES string of the molecule is CSC1CCCC1N1C(=O)NC(=O)C(C)(C)C1=O. The summed E-state index contributed by atoms with van der Waals surface area (Å²) in [5.41, 5.74) is -1.15. The summed E-state index contributed by atoms with van der Waals surface area (Å²) in [7, 11) is 0. The number of imide groups is 2. The Labute approximate surface area is 111 Å². The molecule has 100 valence electrons. The molecule has 0 spiro atoms. The van der Waals surface area contributed by atoms with Gasteiger partial charge in [0.1, 0.15) is 5.41 Å². The highest BCUT2D eigenvalue weighted by Gasteiger charge is 2.51. The van der Waals surface area contributed by atoms with Crippen LogP contribution in [0.1, 0.15) is 33.1 Å². The van der Waals surface area contributed by atoms with E-state index in [2.05, 4.69) is 5.32 Å². The standard InChI is InChI=1S/C12H18N2O3S/c1-12(2)9(15)13-11(17)14(10(12)16)7-5-4-6-8(7)18-3/h7-8H,4-6H2,1-3H3,(H,13,15,17). The highest BCUT2D eigenvalue weighted by Crippen LogP contribution is 2.35. The minimum atomic E-state index is -1.15. The van der Waals surface area contributed by atoms with Crippen molar-refractivity contribution in [1.82, 2.24) is 10.2 Å². The number of carbonyl (C=O) groups excluding carboxylic acids is 3. The van der Waals surface area contributed by atoms with Crippen LogP contribution in [-0.2, 0) is 9.59 Å². The van der Waals surface area contributed by atoms with Crippen LogP contribution in [-0.4, -0.2) is 40.3 Å².